The number of nitrogens with one attached hydrogen (secondary N) is 1. The molecule has 120 valence electrons. The van der Waals surface area contributed by atoms with Gasteiger partial charge < -0.3 is 14.8 Å². The molecule has 0 aliphatic heterocycles. The largest absolute Gasteiger partial charge is 0.491 e. The van der Waals surface area contributed by atoms with Crippen LogP contribution in [0, 0.1) is 5.41 Å². The third-order valence-corrected chi connectivity index (χ3v) is 4.07. The minimum Gasteiger partial charge on any atom is -0.491 e. The van der Waals surface area contributed by atoms with Crippen molar-refractivity contribution in [3.05, 3.63) is 29.8 Å². The Hall–Kier alpha value is -1.06. The molecule has 1 aromatic carbocycles. The number of para-hydroxylation sites is 1. The molecule has 0 aliphatic carbocycles. The normalized spacial score (nSPS) is 13.2. The molecule has 0 amide bonds. The smallest absolute Gasteiger partial charge is 0.124 e. The van der Waals surface area contributed by atoms with Crippen LogP contribution in [0.15, 0.2) is 24.3 Å². The van der Waals surface area contributed by atoms with Crippen LogP contribution in [0.1, 0.15) is 52.1 Å². The maximum atomic E-state index is 5.91. The van der Waals surface area contributed by atoms with E-state index >= 15 is 0 Å². The van der Waals surface area contributed by atoms with Crippen molar-refractivity contribution in [3.8, 4) is 5.75 Å². The molecule has 0 saturated heterocycles. The molecule has 0 heterocycles. The van der Waals surface area contributed by atoms with Gasteiger partial charge in [-0.2, -0.15) is 0 Å². The lowest BCUT2D eigenvalue weighted by molar-refractivity contribution is 0.143. The molecular formula is C18H31NO2. The molecule has 0 fully saturated rings. The van der Waals surface area contributed by atoms with Crippen LogP contribution >= 0.6 is 0 Å². The van der Waals surface area contributed by atoms with Gasteiger partial charge in [-0.15, -0.1) is 0 Å². The minimum atomic E-state index is 0.176. The number of methoxy groups -OCH3 is 1. The van der Waals surface area contributed by atoms with Crippen LogP contribution in [0.5, 0.6) is 5.75 Å². The van der Waals surface area contributed by atoms with Crippen molar-refractivity contribution in [3.63, 3.8) is 0 Å². The first kappa shape index (κ1) is 18.0. The van der Waals surface area contributed by atoms with Crippen molar-refractivity contribution in [2.75, 3.05) is 26.9 Å². The molecule has 1 N–H and O–H groups in total. The zero-order valence-electron chi connectivity index (χ0n) is 14.2. The van der Waals surface area contributed by atoms with Gasteiger partial charge in [-0.1, -0.05) is 45.9 Å². The van der Waals surface area contributed by atoms with Crippen molar-refractivity contribution in [1.29, 1.82) is 0 Å². The highest BCUT2D eigenvalue weighted by Gasteiger charge is 2.30. The molecule has 21 heavy (non-hydrogen) atoms. The van der Waals surface area contributed by atoms with Crippen LogP contribution in [-0.4, -0.2) is 26.9 Å². The van der Waals surface area contributed by atoms with E-state index in [-0.39, 0.29) is 5.41 Å². The first-order valence-electron chi connectivity index (χ1n) is 8.00. The van der Waals surface area contributed by atoms with Gasteiger partial charge in [-0.3, -0.25) is 0 Å². The molecule has 0 saturated carbocycles. The summed E-state index contributed by atoms with van der Waals surface area (Å²) in [6.45, 7) is 11.3. The summed E-state index contributed by atoms with van der Waals surface area (Å²) in [7, 11) is 1.70. The minimum absolute atomic E-state index is 0.176. The maximum Gasteiger partial charge on any atom is 0.124 e. The van der Waals surface area contributed by atoms with Crippen LogP contribution < -0.4 is 10.1 Å². The third-order valence-electron chi connectivity index (χ3n) is 4.07. The maximum absolute atomic E-state index is 5.91. The van der Waals surface area contributed by atoms with Gasteiger partial charge in [-0.05, 0) is 30.9 Å². The molecule has 0 aromatic heterocycles. The Bertz CT molecular complexity index is 404. The zero-order valence-corrected chi connectivity index (χ0v) is 14.2. The van der Waals surface area contributed by atoms with Crippen molar-refractivity contribution < 1.29 is 9.47 Å². The molecule has 0 spiro atoms. The zero-order chi connectivity index (χ0) is 15.7. The molecular weight excluding hydrogens is 262 g/mol. The predicted molar refractivity (Wildman–Crippen MR) is 88.9 cm³/mol. The molecule has 1 atom stereocenters. The summed E-state index contributed by atoms with van der Waals surface area (Å²) in [6.07, 6.45) is 2.24. The Balaban J connectivity index is 3.00. The van der Waals surface area contributed by atoms with Gasteiger partial charge in [0.25, 0.3) is 0 Å². The molecule has 3 heteroatoms. The second kappa shape index (κ2) is 9.06. The number of ether oxygens (including phenoxy) is 2. The molecule has 1 aromatic rings. The Morgan fingerprint density at radius 3 is 2.48 bits per heavy atom. The molecule has 1 unspecified atom stereocenters. The molecule has 0 bridgehead atoms. The van der Waals surface area contributed by atoms with E-state index in [4.69, 9.17) is 9.47 Å². The summed E-state index contributed by atoms with van der Waals surface area (Å²) in [6, 6.07) is 8.64. The van der Waals surface area contributed by atoms with E-state index < -0.39 is 0 Å². The molecule has 3 nitrogen and oxygen atoms in total. The van der Waals surface area contributed by atoms with Crippen LogP contribution in [-0.2, 0) is 4.74 Å². The van der Waals surface area contributed by atoms with Crippen LogP contribution in [0.25, 0.3) is 0 Å². The van der Waals surface area contributed by atoms with Crippen molar-refractivity contribution in [1.82, 2.24) is 5.32 Å². The lowest BCUT2D eigenvalue weighted by atomic mass is 9.78. The van der Waals surface area contributed by atoms with Crippen LogP contribution in [0.4, 0.5) is 0 Å². The van der Waals surface area contributed by atoms with Crippen LogP contribution in [0.2, 0.25) is 0 Å². The van der Waals surface area contributed by atoms with E-state index in [1.54, 1.807) is 7.11 Å². The van der Waals surface area contributed by atoms with E-state index in [2.05, 4.69) is 51.2 Å². The Morgan fingerprint density at radius 2 is 1.86 bits per heavy atom. The average Bonchev–Trinajstić information content (AvgIpc) is 2.49. The highest BCUT2D eigenvalue weighted by Crippen LogP contribution is 2.40. The standard InChI is InChI=1S/C18H31NO2/c1-6-12-19-17(18(3,4)7-2)15-10-8-9-11-16(15)21-14-13-20-5/h8-11,17,19H,6-7,12-14H2,1-5H3. The SMILES string of the molecule is CCCNC(c1ccccc1OCCOC)C(C)(C)CC. The summed E-state index contributed by atoms with van der Waals surface area (Å²) in [4.78, 5) is 0. The van der Waals surface area contributed by atoms with Crippen LogP contribution in [0.3, 0.4) is 0 Å². The van der Waals surface area contributed by atoms with Crippen molar-refractivity contribution in [2.24, 2.45) is 5.41 Å². The summed E-state index contributed by atoms with van der Waals surface area (Å²) in [5.74, 6) is 0.963. The number of rotatable bonds is 10. The fourth-order valence-corrected chi connectivity index (χ4v) is 2.39. The van der Waals surface area contributed by atoms with Gasteiger partial charge in [0.1, 0.15) is 12.4 Å². The number of benzene rings is 1. The Labute approximate surface area is 130 Å². The monoisotopic (exact) mass is 293 g/mol. The first-order valence-corrected chi connectivity index (χ1v) is 8.00. The quantitative estimate of drug-likeness (QED) is 0.656. The predicted octanol–water partition coefficient (Wildman–Crippen LogP) is 4.19. The van der Waals surface area contributed by atoms with Gasteiger partial charge in [0.2, 0.25) is 0 Å². The second-order valence-corrected chi connectivity index (χ2v) is 6.11. The summed E-state index contributed by atoms with van der Waals surface area (Å²) < 4.78 is 11.0. The van der Waals surface area contributed by atoms with E-state index in [0.29, 0.717) is 19.3 Å². The van der Waals surface area contributed by atoms with E-state index in [0.717, 1.165) is 25.1 Å². The number of hydrogen-bond acceptors (Lipinski definition) is 3. The van der Waals surface area contributed by atoms with Gasteiger partial charge in [0, 0.05) is 18.7 Å². The van der Waals surface area contributed by atoms with E-state index in [1.807, 2.05) is 6.07 Å². The lowest BCUT2D eigenvalue weighted by Crippen LogP contribution is -2.34. The summed E-state index contributed by atoms with van der Waals surface area (Å²) in [5, 5.41) is 3.70. The first-order chi connectivity index (χ1) is 10.1. The number of hydrogen-bond donors (Lipinski definition) is 1. The summed E-state index contributed by atoms with van der Waals surface area (Å²) >= 11 is 0. The summed E-state index contributed by atoms with van der Waals surface area (Å²) in [5.41, 5.74) is 1.42. The second-order valence-electron chi connectivity index (χ2n) is 6.11. The fourth-order valence-electron chi connectivity index (χ4n) is 2.39. The van der Waals surface area contributed by atoms with Crippen molar-refractivity contribution in [2.45, 2.75) is 46.6 Å². The molecule has 0 aliphatic rings. The average molecular weight is 293 g/mol. The topological polar surface area (TPSA) is 30.5 Å². The lowest BCUT2D eigenvalue weighted by Gasteiger charge is -2.35. The van der Waals surface area contributed by atoms with E-state index in [1.165, 1.54) is 5.56 Å². The third kappa shape index (κ3) is 5.33. The van der Waals surface area contributed by atoms with Gasteiger partial charge in [0.05, 0.1) is 6.61 Å². The van der Waals surface area contributed by atoms with Gasteiger partial charge >= 0.3 is 0 Å². The Kier molecular flexibility index (Phi) is 7.76. The highest BCUT2D eigenvalue weighted by molar-refractivity contribution is 5.37. The van der Waals surface area contributed by atoms with Gasteiger partial charge in [0.15, 0.2) is 0 Å². The van der Waals surface area contributed by atoms with E-state index in [9.17, 15) is 0 Å². The van der Waals surface area contributed by atoms with Gasteiger partial charge in [-0.25, -0.2) is 0 Å². The Morgan fingerprint density at radius 1 is 1.14 bits per heavy atom. The van der Waals surface area contributed by atoms with Crippen molar-refractivity contribution >= 4 is 0 Å². The highest BCUT2D eigenvalue weighted by atomic mass is 16.5. The molecule has 1 rings (SSSR count). The molecule has 0 radical (unpaired) electrons. The fraction of sp³-hybridized carbons (Fsp3) is 0.667.